The Hall–Kier alpha value is -2.77. The molecular weight excluding hydrogens is 404 g/mol. The van der Waals surface area contributed by atoms with Crippen molar-refractivity contribution >= 4 is 34.7 Å². The van der Waals surface area contributed by atoms with E-state index in [0.717, 1.165) is 16.0 Å². The van der Waals surface area contributed by atoms with Gasteiger partial charge in [-0.1, -0.05) is 47.2 Å². The number of thiophene rings is 1. The number of rotatable bonds is 4. The van der Waals surface area contributed by atoms with Crippen molar-refractivity contribution in [2.24, 2.45) is 4.99 Å². The summed E-state index contributed by atoms with van der Waals surface area (Å²) in [5.74, 6) is -0.431. The number of esters is 1. The first-order valence-corrected chi connectivity index (χ1v) is 11.0. The van der Waals surface area contributed by atoms with Gasteiger partial charge in [-0.3, -0.25) is 9.36 Å². The summed E-state index contributed by atoms with van der Waals surface area (Å²) in [5, 5.41) is 1.94. The third-order valence-corrected chi connectivity index (χ3v) is 6.61. The number of benzene rings is 1. The Labute approximate surface area is 175 Å². The van der Waals surface area contributed by atoms with Gasteiger partial charge in [-0.25, -0.2) is 9.79 Å². The minimum absolute atomic E-state index is 0.151. The average Bonchev–Trinajstić information content (AvgIpc) is 3.32. The van der Waals surface area contributed by atoms with Gasteiger partial charge >= 0.3 is 5.97 Å². The van der Waals surface area contributed by atoms with Gasteiger partial charge in [0, 0.05) is 4.88 Å². The van der Waals surface area contributed by atoms with E-state index in [1.165, 1.54) is 22.7 Å². The smallest absolute Gasteiger partial charge is 0.338 e. The maximum absolute atomic E-state index is 13.3. The first-order chi connectivity index (χ1) is 14.0. The summed E-state index contributed by atoms with van der Waals surface area (Å²) >= 11 is 2.85. The summed E-state index contributed by atoms with van der Waals surface area (Å²) in [5.41, 5.74) is 2.97. The van der Waals surface area contributed by atoms with Gasteiger partial charge in [-0.2, -0.15) is 0 Å². The monoisotopic (exact) mass is 424 g/mol. The Balaban J connectivity index is 1.93. The summed E-state index contributed by atoms with van der Waals surface area (Å²) in [6.45, 7) is 5.86. The largest absolute Gasteiger partial charge is 0.463 e. The second kappa shape index (κ2) is 7.93. The van der Waals surface area contributed by atoms with E-state index in [1.807, 2.05) is 54.8 Å². The van der Waals surface area contributed by atoms with Crippen LogP contribution in [0.25, 0.3) is 6.08 Å². The minimum atomic E-state index is -0.523. The van der Waals surface area contributed by atoms with Crippen molar-refractivity contribution < 1.29 is 9.53 Å². The first kappa shape index (κ1) is 19.5. The van der Waals surface area contributed by atoms with Crippen LogP contribution < -0.4 is 14.9 Å². The molecule has 1 aliphatic rings. The van der Waals surface area contributed by atoms with Gasteiger partial charge in [0.25, 0.3) is 5.56 Å². The van der Waals surface area contributed by atoms with Crippen LogP contribution in [0.2, 0.25) is 0 Å². The zero-order valence-electron chi connectivity index (χ0n) is 16.3. The molecule has 0 N–H and O–H groups in total. The van der Waals surface area contributed by atoms with E-state index in [0.29, 0.717) is 20.6 Å². The highest BCUT2D eigenvalue weighted by Gasteiger charge is 2.33. The summed E-state index contributed by atoms with van der Waals surface area (Å²) in [4.78, 5) is 32.1. The Morgan fingerprint density at radius 3 is 2.66 bits per heavy atom. The predicted molar refractivity (Wildman–Crippen MR) is 116 cm³/mol. The summed E-state index contributed by atoms with van der Waals surface area (Å²) in [6.07, 6.45) is 1.87. The molecule has 0 saturated heterocycles. The Kier molecular flexibility index (Phi) is 5.34. The number of hydrogen-bond acceptors (Lipinski definition) is 6. The number of nitrogens with zero attached hydrogens (tertiary/aromatic N) is 2. The standard InChI is InChI=1S/C22H20N2O3S2/c1-4-27-21(26)18-14(3)23-22-24(19(18)16-6-5-11-28-16)20(25)17(29-22)12-15-9-7-13(2)8-10-15/h5-12,19H,4H2,1-3H3/b17-12+/t19-/m0/s1. The van der Waals surface area contributed by atoms with Crippen molar-refractivity contribution in [3.8, 4) is 0 Å². The van der Waals surface area contributed by atoms with E-state index in [1.54, 1.807) is 18.4 Å². The first-order valence-electron chi connectivity index (χ1n) is 9.29. The molecule has 1 atom stereocenters. The van der Waals surface area contributed by atoms with E-state index < -0.39 is 12.0 Å². The zero-order chi connectivity index (χ0) is 20.5. The van der Waals surface area contributed by atoms with Gasteiger partial charge in [-0.05, 0) is 43.9 Å². The highest BCUT2D eigenvalue weighted by molar-refractivity contribution is 7.10. The molecule has 4 rings (SSSR count). The molecule has 0 unspecified atom stereocenters. The molecular formula is C22H20N2O3S2. The molecule has 0 radical (unpaired) electrons. The fourth-order valence-electron chi connectivity index (χ4n) is 3.32. The molecule has 2 aromatic heterocycles. The molecule has 3 aromatic rings. The van der Waals surface area contributed by atoms with Crippen LogP contribution in [0.5, 0.6) is 0 Å². The molecule has 29 heavy (non-hydrogen) atoms. The van der Waals surface area contributed by atoms with Crippen molar-refractivity contribution in [2.45, 2.75) is 26.8 Å². The number of hydrogen-bond donors (Lipinski definition) is 0. The molecule has 0 aliphatic carbocycles. The van der Waals surface area contributed by atoms with Crippen molar-refractivity contribution in [3.63, 3.8) is 0 Å². The number of allylic oxidation sites excluding steroid dienone is 1. The SMILES string of the molecule is CCOC(=O)C1=C(C)N=c2s/c(=C/c3ccc(C)cc3)c(=O)n2[C@H]1c1cccs1. The minimum Gasteiger partial charge on any atom is -0.463 e. The van der Waals surface area contributed by atoms with Gasteiger partial charge < -0.3 is 4.74 Å². The highest BCUT2D eigenvalue weighted by atomic mass is 32.1. The number of aryl methyl sites for hydroxylation is 1. The molecule has 3 heterocycles. The fourth-order valence-corrected chi connectivity index (χ4v) is 5.19. The number of carbonyl (C=O) groups excluding carboxylic acids is 1. The number of ether oxygens (including phenoxy) is 1. The lowest BCUT2D eigenvalue weighted by Crippen LogP contribution is -2.39. The number of fused-ring (bicyclic) bond motifs is 1. The van der Waals surface area contributed by atoms with E-state index >= 15 is 0 Å². The second-order valence-electron chi connectivity index (χ2n) is 6.73. The summed E-state index contributed by atoms with van der Waals surface area (Å²) in [7, 11) is 0. The fraction of sp³-hybridized carbons (Fsp3) is 0.227. The van der Waals surface area contributed by atoms with Crippen LogP contribution in [0, 0.1) is 6.92 Å². The maximum atomic E-state index is 13.3. The third kappa shape index (κ3) is 3.63. The Morgan fingerprint density at radius 1 is 1.24 bits per heavy atom. The molecule has 0 amide bonds. The van der Waals surface area contributed by atoms with Gasteiger partial charge in [0.05, 0.1) is 22.4 Å². The van der Waals surface area contributed by atoms with Crippen LogP contribution in [-0.4, -0.2) is 17.1 Å². The van der Waals surface area contributed by atoms with Crippen LogP contribution in [0.1, 0.15) is 35.9 Å². The van der Waals surface area contributed by atoms with Crippen LogP contribution in [-0.2, 0) is 9.53 Å². The lowest BCUT2D eigenvalue weighted by molar-refractivity contribution is -0.139. The van der Waals surface area contributed by atoms with Crippen molar-refractivity contribution in [1.29, 1.82) is 0 Å². The van der Waals surface area contributed by atoms with Gasteiger partial charge in [0.15, 0.2) is 4.80 Å². The normalized spacial score (nSPS) is 16.5. The van der Waals surface area contributed by atoms with E-state index in [4.69, 9.17) is 4.74 Å². The molecule has 5 nitrogen and oxygen atoms in total. The van der Waals surface area contributed by atoms with E-state index in [2.05, 4.69) is 4.99 Å². The maximum Gasteiger partial charge on any atom is 0.338 e. The zero-order valence-corrected chi connectivity index (χ0v) is 18.0. The molecule has 148 valence electrons. The quantitative estimate of drug-likeness (QED) is 0.605. The average molecular weight is 425 g/mol. The molecule has 0 spiro atoms. The van der Waals surface area contributed by atoms with Gasteiger partial charge in [0.1, 0.15) is 6.04 Å². The Morgan fingerprint density at radius 2 is 2.00 bits per heavy atom. The van der Waals surface area contributed by atoms with Crippen LogP contribution in [0.15, 0.2) is 62.8 Å². The van der Waals surface area contributed by atoms with Crippen molar-refractivity contribution in [2.75, 3.05) is 6.61 Å². The second-order valence-corrected chi connectivity index (χ2v) is 8.72. The van der Waals surface area contributed by atoms with Crippen molar-refractivity contribution in [3.05, 3.63) is 88.7 Å². The highest BCUT2D eigenvalue weighted by Crippen LogP contribution is 2.33. The summed E-state index contributed by atoms with van der Waals surface area (Å²) in [6, 6.07) is 11.3. The van der Waals surface area contributed by atoms with E-state index in [9.17, 15) is 9.59 Å². The molecule has 0 bridgehead atoms. The molecule has 1 aliphatic heterocycles. The molecule has 7 heteroatoms. The number of thiazole rings is 1. The predicted octanol–water partition coefficient (Wildman–Crippen LogP) is 3.17. The van der Waals surface area contributed by atoms with Crippen LogP contribution >= 0.6 is 22.7 Å². The van der Waals surface area contributed by atoms with Gasteiger partial charge in [-0.15, -0.1) is 11.3 Å². The number of carbonyl (C=O) groups is 1. The molecule has 1 aromatic carbocycles. The van der Waals surface area contributed by atoms with Crippen molar-refractivity contribution in [1.82, 2.24) is 4.57 Å². The van der Waals surface area contributed by atoms with Crippen LogP contribution in [0.3, 0.4) is 0 Å². The lowest BCUT2D eigenvalue weighted by atomic mass is 10.0. The molecule has 0 fully saturated rings. The van der Waals surface area contributed by atoms with Crippen LogP contribution in [0.4, 0.5) is 0 Å². The number of aromatic nitrogens is 1. The summed E-state index contributed by atoms with van der Waals surface area (Å²) < 4.78 is 7.49. The topological polar surface area (TPSA) is 60.7 Å². The third-order valence-electron chi connectivity index (χ3n) is 4.70. The van der Waals surface area contributed by atoms with E-state index in [-0.39, 0.29) is 12.2 Å². The molecule has 0 saturated carbocycles. The lowest BCUT2D eigenvalue weighted by Gasteiger charge is -2.23. The van der Waals surface area contributed by atoms with Gasteiger partial charge in [0.2, 0.25) is 0 Å². The Bertz CT molecular complexity index is 1260.